The van der Waals surface area contributed by atoms with E-state index >= 15 is 0 Å². The fourth-order valence-electron chi connectivity index (χ4n) is 3.80. The van der Waals surface area contributed by atoms with Crippen molar-refractivity contribution in [2.24, 2.45) is 0 Å². The Morgan fingerprint density at radius 3 is 2.68 bits per heavy atom. The van der Waals surface area contributed by atoms with Crippen LogP contribution in [0.4, 0.5) is 0 Å². The number of methoxy groups -OCH3 is 1. The number of pyridine rings is 2. The molecular formula is C21H26N6O3S. The SMILES string of the molecule is COc1cnc2ncc(=O)n(CCN3CCC(NCc4cc(S)c(O)cn4)CC3)c2c1. The van der Waals surface area contributed by atoms with Crippen molar-refractivity contribution in [2.75, 3.05) is 26.7 Å². The Bertz CT molecular complexity index is 1110. The number of hydrogen-bond acceptors (Lipinski definition) is 9. The van der Waals surface area contributed by atoms with Crippen LogP contribution in [0.15, 0.2) is 40.4 Å². The molecule has 0 bridgehead atoms. The van der Waals surface area contributed by atoms with E-state index in [1.807, 2.05) is 0 Å². The van der Waals surface area contributed by atoms with Gasteiger partial charge in [-0.15, -0.1) is 12.6 Å². The summed E-state index contributed by atoms with van der Waals surface area (Å²) in [7, 11) is 1.58. The van der Waals surface area contributed by atoms with Crippen LogP contribution in [0.2, 0.25) is 0 Å². The number of hydrogen-bond donors (Lipinski definition) is 3. The summed E-state index contributed by atoms with van der Waals surface area (Å²) >= 11 is 4.23. The molecule has 4 heterocycles. The lowest BCUT2D eigenvalue weighted by Crippen LogP contribution is -2.43. The second kappa shape index (κ2) is 9.63. The third-order valence-corrected chi connectivity index (χ3v) is 5.99. The number of aromatic hydroxyl groups is 1. The zero-order valence-corrected chi connectivity index (χ0v) is 18.3. The predicted molar refractivity (Wildman–Crippen MR) is 120 cm³/mol. The van der Waals surface area contributed by atoms with Gasteiger partial charge >= 0.3 is 0 Å². The molecule has 1 fully saturated rings. The van der Waals surface area contributed by atoms with Gasteiger partial charge in [-0.05, 0) is 32.0 Å². The van der Waals surface area contributed by atoms with Gasteiger partial charge in [-0.1, -0.05) is 0 Å². The molecule has 3 aromatic heterocycles. The topological polar surface area (TPSA) is 105 Å². The molecule has 9 nitrogen and oxygen atoms in total. The Hall–Kier alpha value is -2.69. The predicted octanol–water partition coefficient (Wildman–Crippen LogP) is 1.44. The molecule has 0 spiro atoms. The highest BCUT2D eigenvalue weighted by atomic mass is 32.1. The fraction of sp³-hybridized carbons (Fsp3) is 0.429. The number of likely N-dealkylation sites (tertiary alicyclic amines) is 1. The maximum Gasteiger partial charge on any atom is 0.269 e. The minimum atomic E-state index is -0.135. The molecule has 0 unspecified atom stereocenters. The molecule has 0 amide bonds. The Labute approximate surface area is 185 Å². The van der Waals surface area contributed by atoms with E-state index in [4.69, 9.17) is 4.74 Å². The van der Waals surface area contributed by atoms with E-state index in [1.54, 1.807) is 30.0 Å². The van der Waals surface area contributed by atoms with Gasteiger partial charge in [0.15, 0.2) is 5.65 Å². The number of aromatic nitrogens is 4. The van der Waals surface area contributed by atoms with Gasteiger partial charge in [0.25, 0.3) is 5.56 Å². The first-order valence-corrected chi connectivity index (χ1v) is 10.7. The maximum atomic E-state index is 12.4. The molecular weight excluding hydrogens is 416 g/mol. The van der Waals surface area contributed by atoms with E-state index in [2.05, 4.69) is 37.8 Å². The number of thiol groups is 1. The summed E-state index contributed by atoms with van der Waals surface area (Å²) in [5, 5.41) is 13.1. The van der Waals surface area contributed by atoms with Crippen molar-refractivity contribution in [3.63, 3.8) is 0 Å². The summed E-state index contributed by atoms with van der Waals surface area (Å²) in [4.78, 5) is 27.9. The molecule has 4 rings (SSSR count). The molecule has 2 N–H and O–H groups in total. The molecule has 0 aliphatic carbocycles. The van der Waals surface area contributed by atoms with Crippen LogP contribution in [0, 0.1) is 0 Å². The number of nitrogens with one attached hydrogen (secondary N) is 1. The molecule has 0 atom stereocenters. The number of fused-ring (bicyclic) bond motifs is 1. The number of nitrogens with zero attached hydrogens (tertiary/aromatic N) is 5. The van der Waals surface area contributed by atoms with Crippen molar-refractivity contribution in [3.8, 4) is 11.5 Å². The largest absolute Gasteiger partial charge is 0.505 e. The molecule has 31 heavy (non-hydrogen) atoms. The first-order valence-electron chi connectivity index (χ1n) is 10.3. The Morgan fingerprint density at radius 2 is 1.94 bits per heavy atom. The van der Waals surface area contributed by atoms with Gasteiger partial charge in [0.2, 0.25) is 0 Å². The van der Waals surface area contributed by atoms with Gasteiger partial charge in [-0.2, -0.15) is 0 Å². The van der Waals surface area contributed by atoms with Gasteiger partial charge in [0.05, 0.1) is 36.9 Å². The minimum absolute atomic E-state index is 0.0932. The van der Waals surface area contributed by atoms with Gasteiger partial charge < -0.3 is 24.6 Å². The Kier molecular flexibility index (Phi) is 6.69. The lowest BCUT2D eigenvalue weighted by Gasteiger charge is -2.32. The van der Waals surface area contributed by atoms with Gasteiger partial charge in [-0.25, -0.2) is 9.97 Å². The van der Waals surface area contributed by atoms with Crippen molar-refractivity contribution >= 4 is 23.8 Å². The van der Waals surface area contributed by atoms with Gasteiger partial charge in [0, 0.05) is 36.6 Å². The third-order valence-electron chi connectivity index (χ3n) is 5.63. The van der Waals surface area contributed by atoms with Crippen molar-refractivity contribution in [3.05, 3.63) is 46.8 Å². The normalized spacial score (nSPS) is 15.4. The molecule has 0 radical (unpaired) electrons. The summed E-state index contributed by atoms with van der Waals surface area (Å²) in [6.45, 7) is 3.92. The van der Waals surface area contributed by atoms with Crippen LogP contribution in [0.3, 0.4) is 0 Å². The lowest BCUT2D eigenvalue weighted by atomic mass is 10.0. The molecule has 0 saturated carbocycles. The van der Waals surface area contributed by atoms with Crippen LogP contribution in [0.1, 0.15) is 18.5 Å². The Morgan fingerprint density at radius 1 is 1.16 bits per heavy atom. The van der Waals surface area contributed by atoms with Crippen molar-refractivity contribution in [2.45, 2.75) is 36.9 Å². The lowest BCUT2D eigenvalue weighted by molar-refractivity contribution is 0.191. The quantitative estimate of drug-likeness (QED) is 0.472. The third kappa shape index (κ3) is 5.15. The summed E-state index contributed by atoms with van der Waals surface area (Å²) in [5.74, 6) is 0.699. The first kappa shape index (κ1) is 21.5. The van der Waals surface area contributed by atoms with E-state index in [0.717, 1.165) is 38.2 Å². The highest BCUT2D eigenvalue weighted by Gasteiger charge is 2.19. The molecule has 3 aromatic rings. The molecule has 1 aliphatic heterocycles. The fourth-order valence-corrected chi connectivity index (χ4v) is 4.01. The zero-order chi connectivity index (χ0) is 21.8. The van der Waals surface area contributed by atoms with Crippen LogP contribution in [-0.4, -0.2) is 62.3 Å². The van der Waals surface area contributed by atoms with Gasteiger partial charge in [0.1, 0.15) is 11.5 Å². The van der Waals surface area contributed by atoms with Crippen molar-refractivity contribution < 1.29 is 9.84 Å². The molecule has 1 saturated heterocycles. The summed E-state index contributed by atoms with van der Waals surface area (Å²) in [6.07, 6.45) is 6.40. The minimum Gasteiger partial charge on any atom is -0.505 e. The van der Waals surface area contributed by atoms with Crippen LogP contribution in [0.5, 0.6) is 11.5 Å². The zero-order valence-electron chi connectivity index (χ0n) is 17.4. The van der Waals surface area contributed by atoms with Gasteiger partial charge in [-0.3, -0.25) is 9.78 Å². The molecule has 10 heteroatoms. The van der Waals surface area contributed by atoms with E-state index < -0.39 is 0 Å². The second-order valence-corrected chi connectivity index (χ2v) is 8.11. The number of rotatable bonds is 7. The second-order valence-electron chi connectivity index (χ2n) is 7.63. The van der Waals surface area contributed by atoms with Crippen LogP contribution >= 0.6 is 12.6 Å². The average molecular weight is 443 g/mol. The average Bonchev–Trinajstić information content (AvgIpc) is 2.79. The highest BCUT2D eigenvalue weighted by molar-refractivity contribution is 7.80. The van der Waals surface area contributed by atoms with Crippen LogP contribution < -0.4 is 15.6 Å². The standard InChI is InChI=1S/C21H26N6O3S/c1-30-16-9-17-21(24-11-16)25-13-20(29)27(17)7-6-26-4-2-14(3-5-26)22-10-15-8-19(31)18(28)12-23-15/h8-9,11-14,22,28H,2-7,10H2,1H3,(H,23,31). The number of ether oxygens (including phenoxy) is 1. The maximum absolute atomic E-state index is 12.4. The summed E-state index contributed by atoms with van der Waals surface area (Å²) in [5.41, 5.74) is 1.95. The smallest absolute Gasteiger partial charge is 0.269 e. The molecule has 1 aliphatic rings. The molecule has 164 valence electrons. The van der Waals surface area contributed by atoms with Crippen molar-refractivity contribution in [1.29, 1.82) is 0 Å². The highest BCUT2D eigenvalue weighted by Crippen LogP contribution is 2.20. The summed E-state index contributed by atoms with van der Waals surface area (Å²) < 4.78 is 6.96. The monoisotopic (exact) mass is 442 g/mol. The van der Waals surface area contributed by atoms with E-state index in [9.17, 15) is 9.90 Å². The van der Waals surface area contributed by atoms with Crippen molar-refractivity contribution in [1.82, 2.24) is 29.7 Å². The van der Waals surface area contributed by atoms with E-state index in [-0.39, 0.29) is 11.3 Å². The number of piperidine rings is 1. The Balaban J connectivity index is 1.31. The van der Waals surface area contributed by atoms with E-state index in [1.165, 1.54) is 12.4 Å². The first-order chi connectivity index (χ1) is 15.0. The summed E-state index contributed by atoms with van der Waals surface area (Å²) in [6, 6.07) is 4.00. The van der Waals surface area contributed by atoms with Crippen LogP contribution in [-0.2, 0) is 13.1 Å². The van der Waals surface area contributed by atoms with Crippen LogP contribution in [0.25, 0.3) is 11.2 Å². The van der Waals surface area contributed by atoms with E-state index in [0.29, 0.717) is 40.9 Å². The molecule has 0 aromatic carbocycles.